The van der Waals surface area contributed by atoms with Gasteiger partial charge in [0.25, 0.3) is 5.91 Å². The lowest BCUT2D eigenvalue weighted by Crippen LogP contribution is -2.42. The topological polar surface area (TPSA) is 29.5 Å². The Balaban J connectivity index is 1.79. The lowest BCUT2D eigenvalue weighted by atomic mass is 10.1. The van der Waals surface area contributed by atoms with Crippen molar-refractivity contribution in [2.45, 2.75) is 45.1 Å². The molecule has 1 aliphatic heterocycles. The highest BCUT2D eigenvalue weighted by Crippen LogP contribution is 2.27. The lowest BCUT2D eigenvalue weighted by molar-refractivity contribution is -0.138. The zero-order valence-electron chi connectivity index (χ0n) is 13.8. The van der Waals surface area contributed by atoms with Crippen molar-refractivity contribution >= 4 is 16.7 Å². The van der Waals surface area contributed by atoms with Gasteiger partial charge < -0.3 is 9.64 Å². The van der Waals surface area contributed by atoms with Gasteiger partial charge >= 0.3 is 0 Å². The van der Waals surface area contributed by atoms with Crippen LogP contribution in [0.5, 0.6) is 5.75 Å². The van der Waals surface area contributed by atoms with Crippen molar-refractivity contribution in [1.29, 1.82) is 0 Å². The maximum atomic E-state index is 12.8. The van der Waals surface area contributed by atoms with E-state index in [9.17, 15) is 4.79 Å². The van der Waals surface area contributed by atoms with Crippen molar-refractivity contribution in [2.75, 3.05) is 13.1 Å². The second-order valence-electron chi connectivity index (χ2n) is 6.23. The summed E-state index contributed by atoms with van der Waals surface area (Å²) in [5, 5.41) is 2.21. The van der Waals surface area contributed by atoms with Crippen LogP contribution in [0.25, 0.3) is 10.8 Å². The highest BCUT2D eigenvalue weighted by atomic mass is 16.5. The van der Waals surface area contributed by atoms with Crippen molar-refractivity contribution in [1.82, 2.24) is 4.90 Å². The second-order valence-corrected chi connectivity index (χ2v) is 6.23. The summed E-state index contributed by atoms with van der Waals surface area (Å²) in [5.41, 5.74) is 0. The Bertz CT molecular complexity index is 654. The Morgan fingerprint density at radius 1 is 1.04 bits per heavy atom. The first-order chi connectivity index (χ1) is 11.3. The SMILES string of the molecule is CC[C@@H](Oc1cccc2ccccc12)C(=O)N1CCCCCC1. The number of nitrogens with zero attached hydrogens (tertiary/aromatic N) is 1. The van der Waals surface area contributed by atoms with E-state index >= 15 is 0 Å². The maximum absolute atomic E-state index is 12.8. The third-order valence-corrected chi connectivity index (χ3v) is 4.58. The Hall–Kier alpha value is -2.03. The van der Waals surface area contributed by atoms with Gasteiger partial charge in [-0.15, -0.1) is 0 Å². The number of benzene rings is 2. The first kappa shape index (κ1) is 15.9. The highest BCUT2D eigenvalue weighted by molar-refractivity contribution is 5.89. The first-order valence-corrected chi connectivity index (χ1v) is 8.73. The number of amides is 1. The molecular weight excluding hydrogens is 286 g/mol. The van der Waals surface area contributed by atoms with Crippen LogP contribution in [0.3, 0.4) is 0 Å². The summed E-state index contributed by atoms with van der Waals surface area (Å²) in [6.45, 7) is 3.76. The molecule has 2 aromatic carbocycles. The van der Waals surface area contributed by atoms with Gasteiger partial charge in [0, 0.05) is 18.5 Å². The van der Waals surface area contributed by atoms with E-state index in [-0.39, 0.29) is 12.0 Å². The van der Waals surface area contributed by atoms with Crippen molar-refractivity contribution in [3.8, 4) is 5.75 Å². The molecular formula is C20H25NO2. The van der Waals surface area contributed by atoms with Crippen molar-refractivity contribution < 1.29 is 9.53 Å². The summed E-state index contributed by atoms with van der Waals surface area (Å²) in [6, 6.07) is 14.2. The van der Waals surface area contributed by atoms with Crippen LogP contribution in [0.4, 0.5) is 0 Å². The van der Waals surface area contributed by atoms with E-state index in [2.05, 4.69) is 12.1 Å². The molecule has 1 atom stereocenters. The van der Waals surface area contributed by atoms with E-state index in [4.69, 9.17) is 4.74 Å². The van der Waals surface area contributed by atoms with E-state index in [1.54, 1.807) is 0 Å². The van der Waals surface area contributed by atoms with E-state index in [0.29, 0.717) is 6.42 Å². The van der Waals surface area contributed by atoms with Gasteiger partial charge in [-0.1, -0.05) is 56.2 Å². The minimum Gasteiger partial charge on any atom is -0.480 e. The van der Waals surface area contributed by atoms with Crippen molar-refractivity contribution in [3.05, 3.63) is 42.5 Å². The monoisotopic (exact) mass is 311 g/mol. The molecule has 1 heterocycles. The number of carbonyl (C=O) groups is 1. The standard InChI is InChI=1S/C20H25NO2/c1-2-18(20(22)21-14-7-3-4-8-15-21)23-19-13-9-11-16-10-5-6-12-17(16)19/h5-6,9-13,18H,2-4,7-8,14-15H2,1H3/t18-/m1/s1. The van der Waals surface area contributed by atoms with Gasteiger partial charge in [-0.3, -0.25) is 4.79 Å². The molecule has 122 valence electrons. The summed E-state index contributed by atoms with van der Waals surface area (Å²) in [4.78, 5) is 14.8. The average Bonchev–Trinajstić information content (AvgIpc) is 2.88. The molecule has 0 aromatic heterocycles. The van der Waals surface area contributed by atoms with Crippen LogP contribution in [0.1, 0.15) is 39.0 Å². The molecule has 0 saturated carbocycles. The third kappa shape index (κ3) is 3.66. The fourth-order valence-electron chi connectivity index (χ4n) is 3.25. The van der Waals surface area contributed by atoms with Gasteiger partial charge in [-0.05, 0) is 30.7 Å². The molecule has 0 N–H and O–H groups in total. The van der Waals surface area contributed by atoms with Crippen molar-refractivity contribution in [3.63, 3.8) is 0 Å². The zero-order chi connectivity index (χ0) is 16.1. The molecule has 0 aliphatic carbocycles. The third-order valence-electron chi connectivity index (χ3n) is 4.58. The predicted molar refractivity (Wildman–Crippen MR) is 93.7 cm³/mol. The van der Waals surface area contributed by atoms with Crippen LogP contribution < -0.4 is 4.74 Å². The van der Waals surface area contributed by atoms with E-state index in [1.807, 2.05) is 42.2 Å². The van der Waals surface area contributed by atoms with Gasteiger partial charge in [0.15, 0.2) is 6.10 Å². The second kappa shape index (κ2) is 7.49. The van der Waals surface area contributed by atoms with Gasteiger partial charge in [0.2, 0.25) is 0 Å². The fourth-order valence-corrected chi connectivity index (χ4v) is 3.25. The summed E-state index contributed by atoms with van der Waals surface area (Å²) in [7, 11) is 0. The molecule has 23 heavy (non-hydrogen) atoms. The molecule has 3 nitrogen and oxygen atoms in total. The summed E-state index contributed by atoms with van der Waals surface area (Å²) in [6.07, 6.45) is 4.97. The molecule has 3 heteroatoms. The normalized spacial score (nSPS) is 16.8. The number of rotatable bonds is 4. The smallest absolute Gasteiger partial charge is 0.263 e. The molecule has 0 bridgehead atoms. The van der Waals surface area contributed by atoms with Gasteiger partial charge in [-0.25, -0.2) is 0 Å². The van der Waals surface area contributed by atoms with E-state index in [0.717, 1.165) is 42.5 Å². The van der Waals surface area contributed by atoms with Gasteiger partial charge in [-0.2, -0.15) is 0 Å². The summed E-state index contributed by atoms with van der Waals surface area (Å²) in [5.74, 6) is 0.945. The van der Waals surface area contributed by atoms with Gasteiger partial charge in [0.05, 0.1) is 0 Å². The maximum Gasteiger partial charge on any atom is 0.263 e. The number of carbonyl (C=O) groups excluding carboxylic acids is 1. The summed E-state index contributed by atoms with van der Waals surface area (Å²) < 4.78 is 6.14. The van der Waals surface area contributed by atoms with E-state index in [1.165, 1.54) is 12.8 Å². The summed E-state index contributed by atoms with van der Waals surface area (Å²) >= 11 is 0. The predicted octanol–water partition coefficient (Wildman–Crippen LogP) is 4.40. The molecule has 2 aromatic rings. The number of hydrogen-bond donors (Lipinski definition) is 0. The molecule has 1 fully saturated rings. The van der Waals surface area contributed by atoms with Crippen LogP contribution in [0.15, 0.2) is 42.5 Å². The number of ether oxygens (including phenoxy) is 1. The largest absolute Gasteiger partial charge is 0.480 e. The highest BCUT2D eigenvalue weighted by Gasteiger charge is 2.25. The molecule has 1 saturated heterocycles. The molecule has 0 unspecified atom stereocenters. The van der Waals surface area contributed by atoms with E-state index < -0.39 is 0 Å². The lowest BCUT2D eigenvalue weighted by Gasteiger charge is -2.26. The van der Waals surface area contributed by atoms with Crippen LogP contribution in [-0.2, 0) is 4.79 Å². The number of likely N-dealkylation sites (tertiary alicyclic amines) is 1. The Morgan fingerprint density at radius 3 is 2.48 bits per heavy atom. The zero-order valence-corrected chi connectivity index (χ0v) is 13.8. The van der Waals surface area contributed by atoms with Crippen LogP contribution in [-0.4, -0.2) is 30.0 Å². The first-order valence-electron chi connectivity index (χ1n) is 8.73. The Kier molecular flexibility index (Phi) is 5.16. The fraction of sp³-hybridized carbons (Fsp3) is 0.450. The molecule has 1 aliphatic rings. The molecule has 0 radical (unpaired) electrons. The van der Waals surface area contributed by atoms with Gasteiger partial charge in [0.1, 0.15) is 5.75 Å². The molecule has 1 amide bonds. The molecule has 3 rings (SSSR count). The minimum absolute atomic E-state index is 0.141. The molecule has 0 spiro atoms. The minimum atomic E-state index is -0.390. The van der Waals surface area contributed by atoms with Crippen molar-refractivity contribution in [2.24, 2.45) is 0 Å². The van der Waals surface area contributed by atoms with Crippen LogP contribution in [0, 0.1) is 0 Å². The number of hydrogen-bond acceptors (Lipinski definition) is 2. The Labute approximate surface area is 138 Å². The average molecular weight is 311 g/mol. The quantitative estimate of drug-likeness (QED) is 0.837. The van der Waals surface area contributed by atoms with Crippen LogP contribution >= 0.6 is 0 Å². The number of fused-ring (bicyclic) bond motifs is 1. The van der Waals surface area contributed by atoms with Crippen LogP contribution in [0.2, 0.25) is 0 Å². The Morgan fingerprint density at radius 2 is 1.74 bits per heavy atom.